The van der Waals surface area contributed by atoms with E-state index in [0.29, 0.717) is 18.6 Å². The molecule has 3 aliphatic carbocycles. The summed E-state index contributed by atoms with van der Waals surface area (Å²) in [6, 6.07) is 1.53. The smallest absolute Gasteiger partial charge is 0.0616 e. The van der Waals surface area contributed by atoms with E-state index in [9.17, 15) is 5.11 Å². The zero-order chi connectivity index (χ0) is 14.0. The number of nitrogens with one attached hydrogen (secondary N) is 1. The van der Waals surface area contributed by atoms with Crippen molar-refractivity contribution in [3.05, 3.63) is 0 Å². The highest BCUT2D eigenvalue weighted by molar-refractivity contribution is 5.03. The average Bonchev–Trinajstić information content (AvgIpc) is 2.95. The molecule has 0 aromatic heterocycles. The van der Waals surface area contributed by atoms with Gasteiger partial charge >= 0.3 is 0 Å². The second-order valence-electron chi connectivity index (χ2n) is 7.53. The Morgan fingerprint density at radius 1 is 1.10 bits per heavy atom. The number of hydrogen-bond donors (Lipinski definition) is 2. The fourth-order valence-electron chi connectivity index (χ4n) is 4.53. The van der Waals surface area contributed by atoms with Crippen LogP contribution in [0.15, 0.2) is 0 Å². The van der Waals surface area contributed by atoms with Gasteiger partial charge in [0.25, 0.3) is 0 Å². The minimum atomic E-state index is 0.0533. The molecule has 116 valence electrons. The Labute approximate surface area is 124 Å². The first-order valence-corrected chi connectivity index (χ1v) is 8.82. The summed E-state index contributed by atoms with van der Waals surface area (Å²) in [5, 5.41) is 13.8. The Bertz CT molecular complexity index is 312. The lowest BCUT2D eigenvalue weighted by Crippen LogP contribution is -2.53. The molecule has 3 fully saturated rings. The maximum Gasteiger partial charge on any atom is 0.0616 e. The van der Waals surface area contributed by atoms with E-state index in [1.807, 2.05) is 0 Å². The summed E-state index contributed by atoms with van der Waals surface area (Å²) in [5.41, 5.74) is 0.0533. The van der Waals surface area contributed by atoms with Gasteiger partial charge in [0.15, 0.2) is 0 Å². The van der Waals surface area contributed by atoms with Crippen LogP contribution in [0.25, 0.3) is 0 Å². The lowest BCUT2D eigenvalue weighted by molar-refractivity contribution is 0.107. The molecule has 0 aliphatic heterocycles. The van der Waals surface area contributed by atoms with Gasteiger partial charge < -0.3 is 15.3 Å². The van der Waals surface area contributed by atoms with Crippen molar-refractivity contribution in [2.45, 2.75) is 81.8 Å². The maximum atomic E-state index is 9.96. The van der Waals surface area contributed by atoms with E-state index in [2.05, 4.69) is 17.3 Å². The van der Waals surface area contributed by atoms with Crippen molar-refractivity contribution in [1.82, 2.24) is 10.2 Å². The average molecular weight is 280 g/mol. The maximum absolute atomic E-state index is 9.96. The van der Waals surface area contributed by atoms with Gasteiger partial charge in [-0.1, -0.05) is 19.3 Å². The van der Waals surface area contributed by atoms with E-state index in [0.717, 1.165) is 6.04 Å². The van der Waals surface area contributed by atoms with Crippen LogP contribution in [-0.2, 0) is 0 Å². The largest absolute Gasteiger partial charge is 0.394 e. The van der Waals surface area contributed by atoms with Crippen molar-refractivity contribution < 1.29 is 5.11 Å². The van der Waals surface area contributed by atoms with Crippen LogP contribution in [0.4, 0.5) is 0 Å². The molecule has 0 saturated heterocycles. The summed E-state index contributed by atoms with van der Waals surface area (Å²) in [6.45, 7) is 1.55. The minimum absolute atomic E-state index is 0.0533. The lowest BCUT2D eigenvalue weighted by atomic mass is 9.85. The summed E-state index contributed by atoms with van der Waals surface area (Å²) < 4.78 is 0. The molecular weight excluding hydrogens is 248 g/mol. The highest BCUT2D eigenvalue weighted by atomic mass is 16.3. The molecule has 3 nitrogen and oxygen atoms in total. The molecule has 20 heavy (non-hydrogen) atoms. The van der Waals surface area contributed by atoms with Gasteiger partial charge in [-0.2, -0.15) is 0 Å². The quantitative estimate of drug-likeness (QED) is 0.752. The van der Waals surface area contributed by atoms with Gasteiger partial charge in [0.1, 0.15) is 0 Å². The normalized spacial score (nSPS) is 35.2. The third-order valence-electron chi connectivity index (χ3n) is 6.09. The van der Waals surface area contributed by atoms with E-state index in [1.54, 1.807) is 0 Å². The van der Waals surface area contributed by atoms with E-state index >= 15 is 0 Å². The van der Waals surface area contributed by atoms with Crippen LogP contribution in [0.3, 0.4) is 0 Å². The van der Waals surface area contributed by atoms with Crippen LogP contribution in [0, 0.1) is 5.92 Å². The molecule has 2 unspecified atom stereocenters. The number of aliphatic hydroxyl groups excluding tert-OH is 1. The predicted molar refractivity (Wildman–Crippen MR) is 82.8 cm³/mol. The summed E-state index contributed by atoms with van der Waals surface area (Å²) in [6.07, 6.45) is 13.3. The van der Waals surface area contributed by atoms with Crippen LogP contribution in [0.1, 0.15) is 64.2 Å². The van der Waals surface area contributed by atoms with E-state index in [-0.39, 0.29) is 5.54 Å². The number of nitrogens with zero attached hydrogens (tertiary/aromatic N) is 1. The van der Waals surface area contributed by atoms with Crippen LogP contribution in [0.5, 0.6) is 0 Å². The van der Waals surface area contributed by atoms with Crippen LogP contribution >= 0.6 is 0 Å². The van der Waals surface area contributed by atoms with Gasteiger partial charge in [-0.15, -0.1) is 0 Å². The second-order valence-corrected chi connectivity index (χ2v) is 7.53. The van der Waals surface area contributed by atoms with Gasteiger partial charge in [0, 0.05) is 17.6 Å². The van der Waals surface area contributed by atoms with Gasteiger partial charge in [-0.3, -0.25) is 0 Å². The fraction of sp³-hybridized carbons (Fsp3) is 1.00. The molecule has 0 aromatic rings. The molecule has 3 aliphatic rings. The second kappa shape index (κ2) is 6.33. The fourth-order valence-corrected chi connectivity index (χ4v) is 4.53. The van der Waals surface area contributed by atoms with Crippen molar-refractivity contribution in [3.63, 3.8) is 0 Å². The Morgan fingerprint density at radius 2 is 1.85 bits per heavy atom. The molecule has 0 bridgehead atoms. The van der Waals surface area contributed by atoms with E-state index < -0.39 is 0 Å². The zero-order valence-electron chi connectivity index (χ0n) is 13.1. The summed E-state index contributed by atoms with van der Waals surface area (Å²) in [4.78, 5) is 2.59. The van der Waals surface area contributed by atoms with Gasteiger partial charge in [-0.25, -0.2) is 0 Å². The number of aliphatic hydroxyl groups is 1. The third kappa shape index (κ3) is 3.20. The summed E-state index contributed by atoms with van der Waals surface area (Å²) in [7, 11) is 2.31. The molecule has 0 amide bonds. The SMILES string of the molecule is CN(CCC1CCCC1(CO)NC1CC1)C1CCCC1. The van der Waals surface area contributed by atoms with Crippen LogP contribution in [0.2, 0.25) is 0 Å². The standard InChI is InChI=1S/C17H32N2O/c1-19(16-6-2-3-7-16)12-10-14-5-4-11-17(14,13-20)18-15-8-9-15/h14-16,18,20H,2-13H2,1H3. The predicted octanol–water partition coefficient (Wildman–Crippen LogP) is 2.53. The van der Waals surface area contributed by atoms with Crippen LogP contribution in [-0.4, -0.2) is 47.8 Å². The van der Waals surface area contributed by atoms with Crippen LogP contribution < -0.4 is 5.32 Å². The summed E-state index contributed by atoms with van der Waals surface area (Å²) in [5.74, 6) is 0.678. The van der Waals surface area contributed by atoms with E-state index in [4.69, 9.17) is 0 Å². The molecule has 2 atom stereocenters. The Kier molecular flexibility index (Phi) is 4.68. The zero-order valence-corrected chi connectivity index (χ0v) is 13.1. The molecule has 0 spiro atoms. The first-order valence-electron chi connectivity index (χ1n) is 8.82. The van der Waals surface area contributed by atoms with Crippen molar-refractivity contribution in [2.24, 2.45) is 5.92 Å². The Morgan fingerprint density at radius 3 is 2.50 bits per heavy atom. The Balaban J connectivity index is 1.51. The van der Waals surface area contributed by atoms with Gasteiger partial charge in [0.2, 0.25) is 0 Å². The first kappa shape index (κ1) is 14.8. The highest BCUT2D eigenvalue weighted by Crippen LogP contribution is 2.40. The number of rotatable bonds is 7. The monoisotopic (exact) mass is 280 g/mol. The van der Waals surface area contributed by atoms with Crippen molar-refractivity contribution in [3.8, 4) is 0 Å². The van der Waals surface area contributed by atoms with Gasteiger partial charge in [-0.05, 0) is 64.5 Å². The minimum Gasteiger partial charge on any atom is -0.394 e. The molecule has 3 rings (SSSR count). The molecule has 0 radical (unpaired) electrons. The Hall–Kier alpha value is -0.120. The molecular formula is C17H32N2O. The first-order chi connectivity index (χ1) is 9.73. The number of hydrogen-bond acceptors (Lipinski definition) is 3. The van der Waals surface area contributed by atoms with Crippen molar-refractivity contribution in [1.29, 1.82) is 0 Å². The third-order valence-corrected chi connectivity index (χ3v) is 6.09. The van der Waals surface area contributed by atoms with E-state index in [1.165, 1.54) is 70.8 Å². The summed E-state index contributed by atoms with van der Waals surface area (Å²) >= 11 is 0. The molecule has 3 saturated carbocycles. The molecule has 2 N–H and O–H groups in total. The molecule has 0 heterocycles. The van der Waals surface area contributed by atoms with Crippen molar-refractivity contribution in [2.75, 3.05) is 20.2 Å². The highest BCUT2D eigenvalue weighted by Gasteiger charge is 2.44. The lowest BCUT2D eigenvalue weighted by Gasteiger charge is -2.37. The molecule has 0 aromatic carbocycles. The molecule has 3 heteroatoms. The van der Waals surface area contributed by atoms with Crippen molar-refractivity contribution >= 4 is 0 Å². The van der Waals surface area contributed by atoms with Gasteiger partial charge in [0.05, 0.1) is 6.61 Å². The topological polar surface area (TPSA) is 35.5 Å².